The third-order valence-electron chi connectivity index (χ3n) is 9.68. The van der Waals surface area contributed by atoms with Gasteiger partial charge in [0.05, 0.1) is 31.8 Å². The SMILES string of the molecule is CC(=O)Nc1c(Br)c(Br)c2c3c1nc(N1CCNCC1)n3CCC2.CCOC1CCN(c2nc3c(Br)c(Br)c(Br)c4c3n2CCC4)CC1. The van der Waals surface area contributed by atoms with Gasteiger partial charge in [0.15, 0.2) is 0 Å². The van der Waals surface area contributed by atoms with Gasteiger partial charge in [-0.25, -0.2) is 9.97 Å². The number of hydrogen-bond donors (Lipinski definition) is 2. The summed E-state index contributed by atoms with van der Waals surface area (Å²) in [5, 5.41) is 6.34. The monoisotopic (exact) mass is 974 g/mol. The summed E-state index contributed by atoms with van der Waals surface area (Å²) in [5.41, 5.74) is 7.77. The number of piperidine rings is 1. The van der Waals surface area contributed by atoms with Crippen molar-refractivity contribution in [3.05, 3.63) is 33.5 Å². The molecule has 8 rings (SSSR count). The number of carbonyl (C=O) groups is 1. The van der Waals surface area contributed by atoms with Crippen molar-refractivity contribution in [1.29, 1.82) is 0 Å². The van der Waals surface area contributed by atoms with E-state index in [-0.39, 0.29) is 5.91 Å². The quantitative estimate of drug-likeness (QED) is 0.195. The van der Waals surface area contributed by atoms with Crippen molar-refractivity contribution in [2.45, 2.75) is 71.6 Å². The molecule has 4 aliphatic rings. The van der Waals surface area contributed by atoms with Crippen LogP contribution >= 0.6 is 79.6 Å². The van der Waals surface area contributed by atoms with E-state index in [1.807, 2.05) is 0 Å². The highest BCUT2D eigenvalue weighted by Gasteiger charge is 2.30. The first-order valence-corrected chi connectivity index (χ1v) is 20.7. The largest absolute Gasteiger partial charge is 0.378 e. The Morgan fingerprint density at radius 1 is 0.771 bits per heavy atom. The maximum atomic E-state index is 11.7. The summed E-state index contributed by atoms with van der Waals surface area (Å²) in [5.74, 6) is 2.04. The minimum atomic E-state index is -0.0908. The van der Waals surface area contributed by atoms with E-state index in [1.165, 1.54) is 23.6 Å². The van der Waals surface area contributed by atoms with Crippen LogP contribution in [0.4, 0.5) is 17.6 Å². The highest BCUT2D eigenvalue weighted by molar-refractivity contribution is 9.14. The number of piperazine rings is 1. The van der Waals surface area contributed by atoms with Crippen molar-refractivity contribution in [3.8, 4) is 0 Å². The number of anilines is 3. The summed E-state index contributed by atoms with van der Waals surface area (Å²) in [7, 11) is 0. The Labute approximate surface area is 322 Å². The van der Waals surface area contributed by atoms with E-state index in [0.29, 0.717) is 6.10 Å². The van der Waals surface area contributed by atoms with Crippen molar-refractivity contribution in [2.24, 2.45) is 0 Å². The fraction of sp³-hybridized carbons (Fsp3) is 0.545. The lowest BCUT2D eigenvalue weighted by atomic mass is 10.0. The maximum absolute atomic E-state index is 11.7. The van der Waals surface area contributed by atoms with Crippen LogP contribution in [0.3, 0.4) is 0 Å². The molecule has 15 heteroatoms. The van der Waals surface area contributed by atoms with Gasteiger partial charge in [-0.05, 0) is 136 Å². The summed E-state index contributed by atoms with van der Waals surface area (Å²) in [6, 6.07) is 0. The number of rotatable bonds is 5. The van der Waals surface area contributed by atoms with Crippen molar-refractivity contribution in [3.63, 3.8) is 0 Å². The lowest BCUT2D eigenvalue weighted by molar-refractivity contribution is -0.114. The van der Waals surface area contributed by atoms with Crippen LogP contribution in [0.15, 0.2) is 22.4 Å². The number of aromatic nitrogens is 4. The fourth-order valence-corrected chi connectivity index (χ4v) is 10.4. The lowest BCUT2D eigenvalue weighted by Gasteiger charge is -2.33. The minimum Gasteiger partial charge on any atom is -0.378 e. The van der Waals surface area contributed by atoms with Crippen LogP contribution in [0.5, 0.6) is 0 Å². The van der Waals surface area contributed by atoms with E-state index in [1.54, 1.807) is 0 Å². The van der Waals surface area contributed by atoms with Gasteiger partial charge >= 0.3 is 0 Å². The number of benzene rings is 2. The number of imidazole rings is 2. The molecule has 0 spiro atoms. The van der Waals surface area contributed by atoms with Gasteiger partial charge in [0, 0.05) is 79.3 Å². The Hall–Kier alpha value is -1.23. The van der Waals surface area contributed by atoms with Gasteiger partial charge in [-0.3, -0.25) is 4.79 Å². The molecule has 4 aliphatic heterocycles. The second kappa shape index (κ2) is 14.8. The number of carbonyl (C=O) groups excluding carboxylic acids is 1. The summed E-state index contributed by atoms with van der Waals surface area (Å²) >= 11 is 18.5. The number of aryl methyl sites for hydroxylation is 4. The third kappa shape index (κ3) is 6.40. The molecule has 2 aromatic carbocycles. The summed E-state index contributed by atoms with van der Waals surface area (Å²) in [4.78, 5) is 26.4. The Morgan fingerprint density at radius 3 is 1.90 bits per heavy atom. The molecule has 0 radical (unpaired) electrons. The highest BCUT2D eigenvalue weighted by atomic mass is 79.9. The van der Waals surface area contributed by atoms with Crippen LogP contribution in [-0.4, -0.2) is 77.0 Å². The number of nitrogens with zero attached hydrogens (tertiary/aromatic N) is 6. The Balaban J connectivity index is 0.000000152. The van der Waals surface area contributed by atoms with Gasteiger partial charge in [-0.2, -0.15) is 0 Å². The molecular weight excluding hydrogens is 940 g/mol. The zero-order valence-corrected chi connectivity index (χ0v) is 35.0. The van der Waals surface area contributed by atoms with Crippen LogP contribution in [-0.2, 0) is 35.5 Å². The van der Waals surface area contributed by atoms with Crippen molar-refractivity contribution in [2.75, 3.05) is 61.0 Å². The maximum Gasteiger partial charge on any atom is 0.221 e. The van der Waals surface area contributed by atoms with Gasteiger partial charge in [-0.1, -0.05) is 0 Å². The molecule has 0 saturated carbocycles. The Morgan fingerprint density at radius 2 is 1.31 bits per heavy atom. The van der Waals surface area contributed by atoms with E-state index < -0.39 is 0 Å². The molecule has 1 amide bonds. The normalized spacial score (nSPS) is 18.0. The van der Waals surface area contributed by atoms with Gasteiger partial charge in [0.25, 0.3) is 0 Å². The minimum absolute atomic E-state index is 0.0908. The van der Waals surface area contributed by atoms with Gasteiger partial charge in [0.2, 0.25) is 17.8 Å². The zero-order chi connectivity index (χ0) is 33.7. The molecule has 0 bridgehead atoms. The van der Waals surface area contributed by atoms with E-state index >= 15 is 0 Å². The molecule has 6 heterocycles. The van der Waals surface area contributed by atoms with Crippen LogP contribution in [0.1, 0.15) is 50.7 Å². The van der Waals surface area contributed by atoms with E-state index in [2.05, 4.69) is 116 Å². The Bertz CT molecular complexity index is 1880. The molecule has 48 heavy (non-hydrogen) atoms. The summed E-state index contributed by atoms with van der Waals surface area (Å²) in [6.07, 6.45) is 6.94. The zero-order valence-electron chi connectivity index (χ0n) is 27.1. The first-order chi connectivity index (χ1) is 23.2. The molecule has 2 fully saturated rings. The second-order valence-electron chi connectivity index (χ2n) is 12.7. The topological polar surface area (TPSA) is 92.5 Å². The number of ether oxygens (including phenoxy) is 1. The standard InChI is InChI=1S/C17H20Br3N3O.C16H19Br2N5O/c1-2-24-10-5-8-22(9-6-10)17-21-15-14(20)13(19)12(18)11-4-3-7-23(17)16(11)15;1-9(24)20-13-12(18)11(17)10-3-2-6-23-15(10)14(13)21-16(23)22-7-4-19-5-8-22/h10H,2-9H2,1H3;19H,2-8H2,1H3,(H,20,24). The number of nitrogens with one attached hydrogen (secondary N) is 2. The number of hydrogen-bond acceptors (Lipinski definition) is 7. The Kier molecular flexibility index (Phi) is 10.8. The van der Waals surface area contributed by atoms with Crippen molar-refractivity contribution in [1.82, 2.24) is 24.4 Å². The molecule has 0 unspecified atom stereocenters. The van der Waals surface area contributed by atoms with Crippen molar-refractivity contribution < 1.29 is 9.53 Å². The lowest BCUT2D eigenvalue weighted by Crippen LogP contribution is -2.44. The number of amides is 1. The molecule has 258 valence electrons. The van der Waals surface area contributed by atoms with Gasteiger partial charge in [0.1, 0.15) is 11.0 Å². The predicted molar refractivity (Wildman–Crippen MR) is 211 cm³/mol. The van der Waals surface area contributed by atoms with Crippen LogP contribution in [0.2, 0.25) is 0 Å². The summed E-state index contributed by atoms with van der Waals surface area (Å²) in [6.45, 7) is 12.3. The average molecular weight is 979 g/mol. The molecule has 10 nitrogen and oxygen atoms in total. The molecular formula is C33H39Br5N8O2. The first-order valence-electron chi connectivity index (χ1n) is 16.7. The van der Waals surface area contributed by atoms with Crippen molar-refractivity contribution >= 4 is 125 Å². The van der Waals surface area contributed by atoms with E-state index in [4.69, 9.17) is 14.7 Å². The molecule has 2 aromatic heterocycles. The van der Waals surface area contributed by atoms with Gasteiger partial charge < -0.3 is 34.3 Å². The fourth-order valence-electron chi connectivity index (χ4n) is 7.51. The molecule has 4 aromatic rings. The number of halogens is 5. The molecule has 2 N–H and O–H groups in total. The van der Waals surface area contributed by atoms with E-state index in [0.717, 1.165) is 154 Å². The average Bonchev–Trinajstić information content (AvgIpc) is 3.69. The van der Waals surface area contributed by atoms with Crippen LogP contribution < -0.4 is 20.4 Å². The predicted octanol–water partition coefficient (Wildman–Crippen LogP) is 8.15. The van der Waals surface area contributed by atoms with Crippen LogP contribution in [0.25, 0.3) is 22.1 Å². The molecule has 2 saturated heterocycles. The third-order valence-corrected chi connectivity index (χ3v) is 15.4. The highest BCUT2D eigenvalue weighted by Crippen LogP contribution is 2.46. The molecule has 0 atom stereocenters. The van der Waals surface area contributed by atoms with Crippen LogP contribution in [0, 0.1) is 0 Å². The van der Waals surface area contributed by atoms with E-state index in [9.17, 15) is 4.79 Å². The second-order valence-corrected chi connectivity index (χ2v) is 16.7. The summed E-state index contributed by atoms with van der Waals surface area (Å²) < 4.78 is 15.7. The smallest absolute Gasteiger partial charge is 0.221 e. The van der Waals surface area contributed by atoms with Gasteiger partial charge in [-0.15, -0.1) is 0 Å². The first kappa shape index (κ1) is 35.2. The molecule has 0 aliphatic carbocycles.